The van der Waals surface area contributed by atoms with E-state index < -0.39 is 0 Å². The lowest BCUT2D eigenvalue weighted by atomic mass is 10.0. The summed E-state index contributed by atoms with van der Waals surface area (Å²) in [4.78, 5) is 26.3. The quantitative estimate of drug-likeness (QED) is 0.766. The van der Waals surface area contributed by atoms with Gasteiger partial charge < -0.3 is 10.2 Å². The van der Waals surface area contributed by atoms with Gasteiger partial charge in [-0.2, -0.15) is 5.10 Å². The van der Waals surface area contributed by atoms with Crippen LogP contribution in [-0.2, 0) is 22.7 Å². The van der Waals surface area contributed by atoms with Crippen molar-refractivity contribution in [3.63, 3.8) is 0 Å². The van der Waals surface area contributed by atoms with E-state index in [1.807, 2.05) is 23.1 Å². The molecule has 132 valence electrons. The van der Waals surface area contributed by atoms with Crippen molar-refractivity contribution in [2.75, 3.05) is 6.54 Å². The minimum atomic E-state index is -0.152. The number of aromatic nitrogens is 2. The molecular formula is C20H20N4O2. The zero-order chi connectivity index (χ0) is 17.9. The van der Waals surface area contributed by atoms with E-state index in [0.29, 0.717) is 19.5 Å². The molecule has 0 aliphatic carbocycles. The first kappa shape index (κ1) is 16.3. The summed E-state index contributed by atoms with van der Waals surface area (Å²) in [5.41, 5.74) is 1.12. The fourth-order valence-corrected chi connectivity index (χ4v) is 3.47. The Morgan fingerprint density at radius 2 is 2.00 bits per heavy atom. The Kier molecular flexibility index (Phi) is 4.39. The molecule has 0 radical (unpaired) electrons. The molecule has 1 unspecified atom stereocenters. The van der Waals surface area contributed by atoms with Gasteiger partial charge in [0.1, 0.15) is 6.54 Å². The molecule has 1 aliphatic heterocycles. The fourth-order valence-electron chi connectivity index (χ4n) is 3.47. The van der Waals surface area contributed by atoms with Crippen molar-refractivity contribution in [1.82, 2.24) is 20.0 Å². The van der Waals surface area contributed by atoms with Crippen molar-refractivity contribution in [2.45, 2.75) is 25.6 Å². The second kappa shape index (κ2) is 7.00. The van der Waals surface area contributed by atoms with Crippen molar-refractivity contribution in [3.05, 3.63) is 66.5 Å². The van der Waals surface area contributed by atoms with Crippen molar-refractivity contribution in [1.29, 1.82) is 0 Å². The summed E-state index contributed by atoms with van der Waals surface area (Å²) in [6.45, 7) is 1.26. The average Bonchev–Trinajstić information content (AvgIpc) is 3.25. The van der Waals surface area contributed by atoms with E-state index in [4.69, 9.17) is 0 Å². The molecule has 2 amide bonds. The zero-order valence-electron chi connectivity index (χ0n) is 14.3. The van der Waals surface area contributed by atoms with Crippen LogP contribution in [0.15, 0.2) is 60.9 Å². The number of fused-ring (bicyclic) bond motifs is 1. The molecule has 6 nitrogen and oxygen atoms in total. The Labute approximate surface area is 151 Å². The largest absolute Gasteiger partial charge is 0.349 e. The lowest BCUT2D eigenvalue weighted by Crippen LogP contribution is -2.38. The van der Waals surface area contributed by atoms with Crippen LogP contribution in [0.25, 0.3) is 10.8 Å². The number of rotatable bonds is 5. The van der Waals surface area contributed by atoms with Crippen LogP contribution in [-0.4, -0.2) is 39.1 Å². The number of benzene rings is 2. The maximum Gasteiger partial charge on any atom is 0.242 e. The molecule has 4 rings (SSSR count). The number of carbonyl (C=O) groups excluding carboxylic acids is 2. The highest BCUT2D eigenvalue weighted by Gasteiger charge is 2.30. The highest BCUT2D eigenvalue weighted by Crippen LogP contribution is 2.22. The molecule has 1 atom stereocenters. The summed E-state index contributed by atoms with van der Waals surface area (Å²) < 4.78 is 1.57. The van der Waals surface area contributed by atoms with E-state index >= 15 is 0 Å². The number of hydrogen-bond acceptors (Lipinski definition) is 3. The van der Waals surface area contributed by atoms with Crippen molar-refractivity contribution in [3.8, 4) is 0 Å². The maximum atomic E-state index is 12.4. The van der Waals surface area contributed by atoms with Crippen LogP contribution >= 0.6 is 0 Å². The van der Waals surface area contributed by atoms with Gasteiger partial charge in [-0.05, 0) is 22.4 Å². The summed E-state index contributed by atoms with van der Waals surface area (Å²) >= 11 is 0. The SMILES string of the molecule is O=C(Cn1cccn1)NC1CC(=O)N(Cc2cccc3ccccc23)C1. The fraction of sp³-hybridized carbons (Fsp3) is 0.250. The molecule has 1 fully saturated rings. The number of nitrogens with one attached hydrogen (secondary N) is 1. The van der Waals surface area contributed by atoms with Gasteiger partial charge in [-0.15, -0.1) is 0 Å². The molecule has 6 heteroatoms. The van der Waals surface area contributed by atoms with Gasteiger partial charge in [0.15, 0.2) is 0 Å². The Hall–Kier alpha value is -3.15. The van der Waals surface area contributed by atoms with Crippen molar-refractivity contribution >= 4 is 22.6 Å². The third-order valence-corrected chi connectivity index (χ3v) is 4.69. The van der Waals surface area contributed by atoms with Crippen LogP contribution < -0.4 is 5.32 Å². The summed E-state index contributed by atoms with van der Waals surface area (Å²) in [7, 11) is 0. The standard InChI is InChI=1S/C20H20N4O2/c25-19(14-24-10-4-9-21-24)22-17-11-20(26)23(13-17)12-16-7-3-6-15-5-1-2-8-18(15)16/h1-10,17H,11-14H2,(H,22,25). The van der Waals surface area contributed by atoms with Crippen LogP contribution in [0.4, 0.5) is 0 Å². The molecule has 2 aromatic carbocycles. The summed E-state index contributed by atoms with van der Waals surface area (Å²) in [5, 5.41) is 9.29. The molecule has 2 heterocycles. The second-order valence-corrected chi connectivity index (χ2v) is 6.58. The topological polar surface area (TPSA) is 67.2 Å². The lowest BCUT2D eigenvalue weighted by Gasteiger charge is -2.18. The summed E-state index contributed by atoms with van der Waals surface area (Å²) in [6, 6.07) is 15.9. The van der Waals surface area contributed by atoms with E-state index in [9.17, 15) is 9.59 Å². The third kappa shape index (κ3) is 3.44. The van der Waals surface area contributed by atoms with Gasteiger partial charge in [-0.3, -0.25) is 14.3 Å². The lowest BCUT2D eigenvalue weighted by molar-refractivity contribution is -0.128. The van der Waals surface area contributed by atoms with Gasteiger partial charge in [-0.25, -0.2) is 0 Å². The molecule has 1 saturated heterocycles. The average molecular weight is 348 g/mol. The summed E-state index contributed by atoms with van der Waals surface area (Å²) in [5.74, 6) is -0.0548. The van der Waals surface area contributed by atoms with E-state index in [1.54, 1.807) is 23.1 Å². The van der Waals surface area contributed by atoms with Crippen LogP contribution in [0.5, 0.6) is 0 Å². The molecule has 3 aromatic rings. The van der Waals surface area contributed by atoms with Crippen LogP contribution in [0.2, 0.25) is 0 Å². The molecule has 0 saturated carbocycles. The van der Waals surface area contributed by atoms with Crippen molar-refractivity contribution < 1.29 is 9.59 Å². The number of carbonyl (C=O) groups is 2. The predicted octanol–water partition coefficient (Wildman–Crippen LogP) is 1.95. The molecule has 0 spiro atoms. The molecule has 1 aromatic heterocycles. The Morgan fingerprint density at radius 1 is 1.15 bits per heavy atom. The molecule has 26 heavy (non-hydrogen) atoms. The monoisotopic (exact) mass is 348 g/mol. The van der Waals surface area contributed by atoms with Gasteiger partial charge in [0, 0.05) is 31.9 Å². The highest BCUT2D eigenvalue weighted by atomic mass is 16.2. The van der Waals surface area contributed by atoms with Crippen LogP contribution in [0.3, 0.4) is 0 Å². The molecule has 1 N–H and O–H groups in total. The minimum absolute atomic E-state index is 0.0716. The minimum Gasteiger partial charge on any atom is -0.349 e. The molecule has 0 bridgehead atoms. The first-order valence-electron chi connectivity index (χ1n) is 8.70. The van der Waals surface area contributed by atoms with Crippen LogP contribution in [0, 0.1) is 0 Å². The van der Waals surface area contributed by atoms with E-state index in [2.05, 4.69) is 34.7 Å². The van der Waals surface area contributed by atoms with Gasteiger partial charge in [0.05, 0.1) is 6.04 Å². The number of hydrogen-bond donors (Lipinski definition) is 1. The number of amides is 2. The van der Waals surface area contributed by atoms with E-state index in [1.165, 1.54) is 5.39 Å². The van der Waals surface area contributed by atoms with E-state index in [-0.39, 0.29) is 24.4 Å². The highest BCUT2D eigenvalue weighted by molar-refractivity contribution is 5.87. The first-order chi connectivity index (χ1) is 12.7. The first-order valence-corrected chi connectivity index (χ1v) is 8.70. The number of nitrogens with zero attached hydrogens (tertiary/aromatic N) is 3. The predicted molar refractivity (Wildman–Crippen MR) is 98.1 cm³/mol. The maximum absolute atomic E-state index is 12.4. The summed E-state index contributed by atoms with van der Waals surface area (Å²) in [6.07, 6.45) is 3.72. The Balaban J connectivity index is 1.41. The van der Waals surface area contributed by atoms with Gasteiger partial charge in [0.2, 0.25) is 11.8 Å². The third-order valence-electron chi connectivity index (χ3n) is 4.69. The van der Waals surface area contributed by atoms with E-state index in [0.717, 1.165) is 10.9 Å². The van der Waals surface area contributed by atoms with Crippen molar-refractivity contribution in [2.24, 2.45) is 0 Å². The molecular weight excluding hydrogens is 328 g/mol. The van der Waals surface area contributed by atoms with Gasteiger partial charge >= 0.3 is 0 Å². The Morgan fingerprint density at radius 3 is 2.85 bits per heavy atom. The van der Waals surface area contributed by atoms with Gasteiger partial charge in [0.25, 0.3) is 0 Å². The van der Waals surface area contributed by atoms with Gasteiger partial charge in [-0.1, -0.05) is 42.5 Å². The van der Waals surface area contributed by atoms with Crippen LogP contribution in [0.1, 0.15) is 12.0 Å². The zero-order valence-corrected chi connectivity index (χ0v) is 14.3. The smallest absolute Gasteiger partial charge is 0.242 e. The second-order valence-electron chi connectivity index (χ2n) is 6.58. The normalized spacial score (nSPS) is 17.0. The Bertz CT molecular complexity index is 931. The molecule has 1 aliphatic rings. The number of likely N-dealkylation sites (tertiary alicyclic amines) is 1.